The van der Waals surface area contributed by atoms with Crippen LogP contribution < -0.4 is 9.47 Å². The molecule has 8 nitrogen and oxygen atoms in total. The monoisotopic (exact) mass is 402 g/mol. The molecule has 9 heteroatoms. The van der Waals surface area contributed by atoms with Crippen LogP contribution in [-0.4, -0.2) is 36.9 Å². The molecule has 0 radical (unpaired) electrons. The standard InChI is InChI=1S/C21H15FN6O2/c1-29-14-2-3-15-17(11-14)23-9-7-18(15)30-12-21-26-25-20-5-4-16(27-28(20)21)13-6-8-24-19(22)10-13/h2-11H,12H2,1H3. The molecule has 0 fully saturated rings. The average Bonchev–Trinajstić information content (AvgIpc) is 3.19. The Morgan fingerprint density at radius 1 is 0.967 bits per heavy atom. The molecule has 0 aliphatic rings. The molecule has 1 aromatic carbocycles. The van der Waals surface area contributed by atoms with E-state index in [1.165, 1.54) is 12.3 Å². The van der Waals surface area contributed by atoms with E-state index in [1.54, 1.807) is 42.1 Å². The summed E-state index contributed by atoms with van der Waals surface area (Å²) in [5, 5.41) is 13.7. The number of fused-ring (bicyclic) bond motifs is 2. The molecule has 148 valence electrons. The summed E-state index contributed by atoms with van der Waals surface area (Å²) >= 11 is 0. The summed E-state index contributed by atoms with van der Waals surface area (Å²) in [5.74, 6) is 1.33. The summed E-state index contributed by atoms with van der Waals surface area (Å²) in [5.41, 5.74) is 2.51. The lowest BCUT2D eigenvalue weighted by atomic mass is 10.2. The molecule has 4 aromatic heterocycles. The molecule has 5 rings (SSSR count). The van der Waals surface area contributed by atoms with E-state index in [9.17, 15) is 4.39 Å². The molecule has 0 atom stereocenters. The van der Waals surface area contributed by atoms with E-state index in [-0.39, 0.29) is 6.61 Å². The highest BCUT2D eigenvalue weighted by Crippen LogP contribution is 2.27. The van der Waals surface area contributed by atoms with E-state index < -0.39 is 5.95 Å². The Morgan fingerprint density at radius 2 is 1.87 bits per heavy atom. The summed E-state index contributed by atoms with van der Waals surface area (Å²) < 4.78 is 26.3. The number of rotatable bonds is 5. The normalized spacial score (nSPS) is 11.1. The summed E-state index contributed by atoms with van der Waals surface area (Å²) in [6.45, 7) is 0.146. The zero-order valence-electron chi connectivity index (χ0n) is 15.9. The fourth-order valence-electron chi connectivity index (χ4n) is 3.14. The van der Waals surface area contributed by atoms with Crippen LogP contribution >= 0.6 is 0 Å². The Kier molecular flexibility index (Phi) is 4.40. The largest absolute Gasteiger partial charge is 0.497 e. The molecule has 0 aliphatic heterocycles. The molecule has 0 amide bonds. The van der Waals surface area contributed by atoms with E-state index in [4.69, 9.17) is 9.47 Å². The van der Waals surface area contributed by atoms with Gasteiger partial charge in [-0.2, -0.15) is 14.0 Å². The fraction of sp³-hybridized carbons (Fsp3) is 0.0952. The van der Waals surface area contributed by atoms with E-state index in [1.807, 2.05) is 18.2 Å². The highest BCUT2D eigenvalue weighted by Gasteiger charge is 2.12. The van der Waals surface area contributed by atoms with Gasteiger partial charge in [0.1, 0.15) is 18.1 Å². The average molecular weight is 402 g/mol. The van der Waals surface area contributed by atoms with Gasteiger partial charge < -0.3 is 9.47 Å². The third-order valence-corrected chi connectivity index (χ3v) is 4.62. The van der Waals surface area contributed by atoms with Crippen molar-refractivity contribution in [3.05, 3.63) is 72.7 Å². The van der Waals surface area contributed by atoms with Crippen LogP contribution in [0.3, 0.4) is 0 Å². The molecule has 30 heavy (non-hydrogen) atoms. The maximum absolute atomic E-state index is 13.5. The Balaban J connectivity index is 1.46. The van der Waals surface area contributed by atoms with Gasteiger partial charge in [-0.1, -0.05) is 0 Å². The highest BCUT2D eigenvalue weighted by atomic mass is 19.1. The second-order valence-electron chi connectivity index (χ2n) is 6.45. The topological polar surface area (TPSA) is 87.3 Å². The number of hydrogen-bond acceptors (Lipinski definition) is 7. The second kappa shape index (κ2) is 7.36. The van der Waals surface area contributed by atoms with Crippen molar-refractivity contribution in [3.63, 3.8) is 0 Å². The van der Waals surface area contributed by atoms with Crippen molar-refractivity contribution in [1.29, 1.82) is 0 Å². The van der Waals surface area contributed by atoms with Crippen molar-refractivity contribution < 1.29 is 13.9 Å². The van der Waals surface area contributed by atoms with Gasteiger partial charge >= 0.3 is 0 Å². The van der Waals surface area contributed by atoms with Crippen LogP contribution in [0.15, 0.2) is 60.9 Å². The molecule has 0 N–H and O–H groups in total. The third-order valence-electron chi connectivity index (χ3n) is 4.62. The number of pyridine rings is 2. The number of ether oxygens (including phenoxy) is 2. The maximum atomic E-state index is 13.5. The first-order valence-electron chi connectivity index (χ1n) is 9.10. The summed E-state index contributed by atoms with van der Waals surface area (Å²) in [7, 11) is 1.61. The van der Waals surface area contributed by atoms with E-state index in [0.29, 0.717) is 28.5 Å². The highest BCUT2D eigenvalue weighted by molar-refractivity contribution is 5.85. The first-order chi connectivity index (χ1) is 14.7. The Labute approximate surface area is 170 Å². The quantitative estimate of drug-likeness (QED) is 0.416. The van der Waals surface area contributed by atoms with Crippen LogP contribution in [0.4, 0.5) is 4.39 Å². The Hall–Kier alpha value is -4.14. The van der Waals surface area contributed by atoms with Gasteiger partial charge in [-0.05, 0) is 36.4 Å². The molecular formula is C21H15FN6O2. The van der Waals surface area contributed by atoms with Crippen molar-refractivity contribution in [2.45, 2.75) is 6.61 Å². The van der Waals surface area contributed by atoms with Crippen LogP contribution in [0.1, 0.15) is 5.82 Å². The molecule has 0 aliphatic carbocycles. The third kappa shape index (κ3) is 3.26. The molecule has 0 saturated carbocycles. The number of nitrogens with zero attached hydrogens (tertiary/aromatic N) is 6. The van der Waals surface area contributed by atoms with Gasteiger partial charge in [0.05, 0.1) is 18.3 Å². The van der Waals surface area contributed by atoms with Crippen molar-refractivity contribution >= 4 is 16.6 Å². The minimum Gasteiger partial charge on any atom is -0.497 e. The maximum Gasteiger partial charge on any atom is 0.213 e. The summed E-state index contributed by atoms with van der Waals surface area (Å²) in [6, 6.07) is 13.9. The smallest absolute Gasteiger partial charge is 0.213 e. The molecular weight excluding hydrogens is 387 g/mol. The van der Waals surface area contributed by atoms with Gasteiger partial charge in [-0.15, -0.1) is 10.2 Å². The predicted molar refractivity (Wildman–Crippen MR) is 107 cm³/mol. The molecule has 0 spiro atoms. The number of hydrogen-bond donors (Lipinski definition) is 0. The van der Waals surface area contributed by atoms with Crippen LogP contribution in [-0.2, 0) is 6.61 Å². The first-order valence-corrected chi connectivity index (χ1v) is 9.10. The van der Waals surface area contributed by atoms with Crippen LogP contribution in [0.2, 0.25) is 0 Å². The van der Waals surface area contributed by atoms with Gasteiger partial charge in [0.15, 0.2) is 11.5 Å². The molecule has 0 bridgehead atoms. The van der Waals surface area contributed by atoms with Crippen LogP contribution in [0, 0.1) is 5.95 Å². The zero-order chi connectivity index (χ0) is 20.5. The van der Waals surface area contributed by atoms with Crippen LogP contribution in [0.5, 0.6) is 11.5 Å². The minimum atomic E-state index is -0.567. The van der Waals surface area contributed by atoms with Crippen molar-refractivity contribution in [2.75, 3.05) is 7.11 Å². The number of halogens is 1. The Bertz CT molecular complexity index is 1370. The number of aromatic nitrogens is 6. The molecule has 0 saturated heterocycles. The summed E-state index contributed by atoms with van der Waals surface area (Å²) in [4.78, 5) is 7.93. The second-order valence-corrected chi connectivity index (χ2v) is 6.45. The lowest BCUT2D eigenvalue weighted by Gasteiger charge is -2.09. The fourth-order valence-corrected chi connectivity index (χ4v) is 3.14. The zero-order valence-corrected chi connectivity index (χ0v) is 15.9. The lowest BCUT2D eigenvalue weighted by molar-refractivity contribution is 0.296. The van der Waals surface area contributed by atoms with Gasteiger partial charge in [-0.3, -0.25) is 4.98 Å². The van der Waals surface area contributed by atoms with Crippen LogP contribution in [0.25, 0.3) is 27.8 Å². The SMILES string of the molecule is COc1ccc2c(OCc3nnc4ccc(-c5ccnc(F)c5)nn34)ccnc2c1. The van der Waals surface area contributed by atoms with E-state index in [2.05, 4.69) is 25.3 Å². The van der Waals surface area contributed by atoms with Gasteiger partial charge in [0, 0.05) is 35.5 Å². The van der Waals surface area contributed by atoms with Gasteiger partial charge in [-0.25, -0.2) is 4.98 Å². The Morgan fingerprint density at radius 3 is 2.73 bits per heavy atom. The number of benzene rings is 1. The summed E-state index contributed by atoms with van der Waals surface area (Å²) in [6.07, 6.45) is 3.07. The lowest BCUT2D eigenvalue weighted by Crippen LogP contribution is -2.05. The molecule has 0 unspecified atom stereocenters. The molecule has 4 heterocycles. The van der Waals surface area contributed by atoms with Crippen molar-refractivity contribution in [1.82, 2.24) is 29.8 Å². The first kappa shape index (κ1) is 17.9. The van der Waals surface area contributed by atoms with Gasteiger partial charge in [0.25, 0.3) is 0 Å². The predicted octanol–water partition coefficient (Wildman–Crippen LogP) is 3.46. The van der Waals surface area contributed by atoms with Crippen molar-refractivity contribution in [3.8, 4) is 22.8 Å². The van der Waals surface area contributed by atoms with Crippen molar-refractivity contribution in [2.24, 2.45) is 0 Å². The minimum absolute atomic E-state index is 0.146. The van der Waals surface area contributed by atoms with E-state index >= 15 is 0 Å². The number of methoxy groups -OCH3 is 1. The van der Waals surface area contributed by atoms with E-state index in [0.717, 1.165) is 16.7 Å². The molecule has 5 aromatic rings. The van der Waals surface area contributed by atoms with Gasteiger partial charge in [0.2, 0.25) is 5.95 Å².